The van der Waals surface area contributed by atoms with Gasteiger partial charge in [0.1, 0.15) is 6.61 Å². The van der Waals surface area contributed by atoms with Crippen molar-refractivity contribution in [2.45, 2.75) is 13.8 Å². The van der Waals surface area contributed by atoms with Crippen LogP contribution in [0.25, 0.3) is 0 Å². The summed E-state index contributed by atoms with van der Waals surface area (Å²) in [4.78, 5) is 11.1. The van der Waals surface area contributed by atoms with Crippen LogP contribution in [0, 0.1) is 22.7 Å². The second kappa shape index (κ2) is 2.63. The van der Waals surface area contributed by atoms with E-state index in [0.717, 1.165) is 0 Å². The maximum Gasteiger partial charge on any atom is 0.165 e. The van der Waals surface area contributed by atoms with Gasteiger partial charge in [-0.2, -0.15) is 5.26 Å². The average molecular weight is 153 g/mol. The summed E-state index contributed by atoms with van der Waals surface area (Å²) in [7, 11) is 0. The van der Waals surface area contributed by atoms with Crippen LogP contribution in [0.2, 0.25) is 0 Å². The molecule has 1 atom stereocenters. The van der Waals surface area contributed by atoms with Gasteiger partial charge in [0.05, 0.1) is 24.0 Å². The first-order chi connectivity index (χ1) is 5.08. The summed E-state index contributed by atoms with van der Waals surface area (Å²) >= 11 is 0. The molecule has 0 radical (unpaired) electrons. The largest absolute Gasteiger partial charge is 0.373 e. The van der Waals surface area contributed by atoms with E-state index in [2.05, 4.69) is 6.07 Å². The number of hydrogen-bond donors (Lipinski definition) is 0. The highest BCUT2D eigenvalue weighted by atomic mass is 16.5. The van der Waals surface area contributed by atoms with Crippen LogP contribution in [-0.4, -0.2) is 19.0 Å². The molecule has 0 N–H and O–H groups in total. The summed E-state index contributed by atoms with van der Waals surface area (Å²) in [5.74, 6) is -0.177. The third-order valence-electron chi connectivity index (χ3n) is 2.08. The van der Waals surface area contributed by atoms with Crippen LogP contribution in [0.15, 0.2) is 0 Å². The van der Waals surface area contributed by atoms with Crippen LogP contribution < -0.4 is 0 Å². The van der Waals surface area contributed by atoms with Crippen molar-refractivity contribution in [3.63, 3.8) is 0 Å². The Morgan fingerprint density at radius 3 is 2.73 bits per heavy atom. The number of nitriles is 1. The Hall–Kier alpha value is -0.880. The molecule has 0 saturated carbocycles. The molecular formula is C8H11NO2. The molecule has 1 saturated heterocycles. The van der Waals surface area contributed by atoms with E-state index in [4.69, 9.17) is 10.00 Å². The van der Waals surface area contributed by atoms with Crippen LogP contribution in [-0.2, 0) is 9.53 Å². The topological polar surface area (TPSA) is 50.1 Å². The van der Waals surface area contributed by atoms with Crippen molar-refractivity contribution in [3.05, 3.63) is 0 Å². The number of ether oxygens (including phenoxy) is 1. The zero-order chi connectivity index (χ0) is 8.48. The van der Waals surface area contributed by atoms with Gasteiger partial charge in [0, 0.05) is 0 Å². The Bertz CT molecular complexity index is 215. The number of carbonyl (C=O) groups excluding carboxylic acids is 1. The van der Waals surface area contributed by atoms with Crippen molar-refractivity contribution in [1.29, 1.82) is 5.26 Å². The smallest absolute Gasteiger partial charge is 0.165 e. The minimum absolute atomic E-state index is 0.0524. The zero-order valence-corrected chi connectivity index (χ0v) is 6.76. The van der Waals surface area contributed by atoms with Crippen LogP contribution in [0.3, 0.4) is 0 Å². The van der Waals surface area contributed by atoms with E-state index in [1.165, 1.54) is 0 Å². The van der Waals surface area contributed by atoms with Gasteiger partial charge < -0.3 is 4.74 Å². The minimum Gasteiger partial charge on any atom is -0.373 e. The van der Waals surface area contributed by atoms with Gasteiger partial charge >= 0.3 is 0 Å². The second-order valence-corrected chi connectivity index (χ2v) is 3.37. The molecule has 3 heteroatoms. The van der Waals surface area contributed by atoms with Gasteiger partial charge in [-0.25, -0.2) is 0 Å². The average Bonchev–Trinajstić information content (AvgIpc) is 2.36. The van der Waals surface area contributed by atoms with Crippen LogP contribution in [0.5, 0.6) is 0 Å². The van der Waals surface area contributed by atoms with E-state index < -0.39 is 5.41 Å². The Kier molecular flexibility index (Phi) is 1.97. The quantitative estimate of drug-likeness (QED) is 0.558. The van der Waals surface area contributed by atoms with Gasteiger partial charge in [-0.15, -0.1) is 0 Å². The van der Waals surface area contributed by atoms with Gasteiger partial charge in [0.2, 0.25) is 0 Å². The third kappa shape index (κ3) is 1.41. The Morgan fingerprint density at radius 2 is 2.36 bits per heavy atom. The first-order valence-corrected chi connectivity index (χ1v) is 3.59. The van der Waals surface area contributed by atoms with E-state index in [0.29, 0.717) is 6.61 Å². The molecule has 0 bridgehead atoms. The molecule has 0 spiro atoms. The first kappa shape index (κ1) is 8.22. The van der Waals surface area contributed by atoms with Crippen molar-refractivity contribution < 1.29 is 9.53 Å². The lowest BCUT2D eigenvalue weighted by atomic mass is 9.79. The van der Waals surface area contributed by atoms with Crippen LogP contribution in [0.1, 0.15) is 13.8 Å². The molecule has 0 amide bonds. The molecule has 3 nitrogen and oxygen atoms in total. The molecule has 0 aromatic rings. The maximum atomic E-state index is 11.1. The molecule has 0 aliphatic carbocycles. The third-order valence-corrected chi connectivity index (χ3v) is 2.08. The van der Waals surface area contributed by atoms with Crippen molar-refractivity contribution in [1.82, 2.24) is 0 Å². The predicted molar refractivity (Wildman–Crippen MR) is 38.7 cm³/mol. The van der Waals surface area contributed by atoms with Crippen LogP contribution >= 0.6 is 0 Å². The van der Waals surface area contributed by atoms with Gasteiger partial charge in [-0.1, -0.05) is 0 Å². The maximum absolute atomic E-state index is 11.1. The van der Waals surface area contributed by atoms with Gasteiger partial charge in [0.15, 0.2) is 5.78 Å². The number of Topliss-reactive ketones (excluding diaryl/α,β-unsaturated/α-hetero) is 1. The molecule has 1 fully saturated rings. The molecule has 0 unspecified atom stereocenters. The molecule has 11 heavy (non-hydrogen) atoms. The lowest BCUT2D eigenvalue weighted by Crippen LogP contribution is -2.28. The number of rotatable bonds is 1. The molecule has 1 aliphatic heterocycles. The fourth-order valence-corrected chi connectivity index (χ4v) is 1.16. The number of ketones is 1. The lowest BCUT2D eigenvalue weighted by molar-refractivity contribution is -0.122. The monoisotopic (exact) mass is 153 g/mol. The molecule has 0 aromatic heterocycles. The number of carbonyl (C=O) groups is 1. The fraction of sp³-hybridized carbons (Fsp3) is 0.750. The highest BCUT2D eigenvalue weighted by molar-refractivity contribution is 5.84. The lowest BCUT2D eigenvalue weighted by Gasteiger charge is -2.19. The van der Waals surface area contributed by atoms with E-state index in [-0.39, 0.29) is 18.3 Å². The number of nitrogens with zero attached hydrogens (tertiary/aromatic N) is 1. The fourth-order valence-electron chi connectivity index (χ4n) is 1.16. The second-order valence-electron chi connectivity index (χ2n) is 3.37. The standard InChI is InChI=1S/C8H11NO2/c1-8(2,5-9)6-3-11-4-7(6)10/h6H,3-4H2,1-2H3/t6-/m1/s1. The summed E-state index contributed by atoms with van der Waals surface area (Å²) in [5.41, 5.74) is -0.576. The van der Waals surface area contributed by atoms with Crippen molar-refractivity contribution in [2.24, 2.45) is 11.3 Å². The van der Waals surface area contributed by atoms with Crippen molar-refractivity contribution >= 4 is 5.78 Å². The SMILES string of the molecule is CC(C)(C#N)[C@@H]1COCC1=O. The zero-order valence-electron chi connectivity index (χ0n) is 6.76. The van der Waals surface area contributed by atoms with Gasteiger partial charge in [0.25, 0.3) is 0 Å². The van der Waals surface area contributed by atoms with E-state index >= 15 is 0 Å². The Labute approximate surface area is 66.0 Å². The molecule has 1 heterocycles. The molecule has 0 aromatic carbocycles. The van der Waals surface area contributed by atoms with E-state index in [1.807, 2.05) is 0 Å². The van der Waals surface area contributed by atoms with Gasteiger partial charge in [-0.3, -0.25) is 4.79 Å². The summed E-state index contributed by atoms with van der Waals surface area (Å²) < 4.78 is 4.96. The Morgan fingerprint density at radius 1 is 1.73 bits per heavy atom. The highest BCUT2D eigenvalue weighted by Gasteiger charge is 2.38. The predicted octanol–water partition coefficient (Wildman–Crippen LogP) is 0.752. The van der Waals surface area contributed by atoms with E-state index in [1.54, 1.807) is 13.8 Å². The first-order valence-electron chi connectivity index (χ1n) is 3.59. The molecule has 1 rings (SSSR count). The summed E-state index contributed by atoms with van der Waals surface area (Å²) in [5, 5.41) is 8.71. The molecule has 60 valence electrons. The normalized spacial score (nSPS) is 25.2. The van der Waals surface area contributed by atoms with Crippen molar-refractivity contribution in [2.75, 3.05) is 13.2 Å². The highest BCUT2D eigenvalue weighted by Crippen LogP contribution is 2.29. The summed E-state index contributed by atoms with van der Waals surface area (Å²) in [6.07, 6.45) is 0. The molecular weight excluding hydrogens is 142 g/mol. The summed E-state index contributed by atoms with van der Waals surface area (Å²) in [6.45, 7) is 4.11. The Balaban J connectivity index is 2.76. The van der Waals surface area contributed by atoms with Gasteiger partial charge in [-0.05, 0) is 13.8 Å². The van der Waals surface area contributed by atoms with E-state index in [9.17, 15) is 4.79 Å². The molecule has 1 aliphatic rings. The number of hydrogen-bond acceptors (Lipinski definition) is 3. The summed E-state index contributed by atoms with van der Waals surface area (Å²) in [6, 6.07) is 2.11. The van der Waals surface area contributed by atoms with Crippen molar-refractivity contribution in [3.8, 4) is 6.07 Å². The van der Waals surface area contributed by atoms with Crippen LogP contribution in [0.4, 0.5) is 0 Å². The minimum atomic E-state index is -0.576.